The third kappa shape index (κ3) is 3.16. The van der Waals surface area contributed by atoms with Gasteiger partial charge in [-0.3, -0.25) is 4.72 Å². The van der Waals surface area contributed by atoms with Crippen molar-refractivity contribution in [2.75, 3.05) is 10.5 Å². The van der Waals surface area contributed by atoms with E-state index in [0.717, 1.165) is 39.5 Å². The minimum Gasteiger partial charge on any atom is -0.325 e. The van der Waals surface area contributed by atoms with E-state index in [1.165, 1.54) is 0 Å². The van der Waals surface area contributed by atoms with Gasteiger partial charge in [0.2, 0.25) is 0 Å². The first-order valence-electron chi connectivity index (χ1n) is 8.91. The lowest BCUT2D eigenvalue weighted by Gasteiger charge is -2.09. The van der Waals surface area contributed by atoms with Crippen LogP contribution in [0.1, 0.15) is 0 Å². The number of anilines is 1. The summed E-state index contributed by atoms with van der Waals surface area (Å²) in [6, 6.07) is 20.2. The van der Waals surface area contributed by atoms with Gasteiger partial charge in [-0.25, -0.2) is 13.4 Å². The fraction of sp³-hybridized carbons (Fsp3) is 0.0952. The summed E-state index contributed by atoms with van der Waals surface area (Å²) in [7, 11) is -3.65. The van der Waals surface area contributed by atoms with Crippen molar-refractivity contribution in [1.29, 1.82) is 0 Å². The Morgan fingerprint density at radius 3 is 2.54 bits per heavy atom. The Morgan fingerprint density at radius 2 is 1.75 bits per heavy atom. The number of benzene rings is 3. The Kier molecular flexibility index (Phi) is 4.14. The average Bonchev–Trinajstić information content (AvgIpc) is 3.30. The standard InChI is InChI=1S/C21H17N3O2S2/c25-28(26,19-10-7-15-3-1-2-4-17(15)13-19)23-18-8-5-16(6-9-18)20-14-24-11-12-27-21(24)22-20/h1-10,13-14,23H,11-12H2. The van der Waals surface area contributed by atoms with E-state index in [1.54, 1.807) is 36.0 Å². The van der Waals surface area contributed by atoms with Gasteiger partial charge in [0.15, 0.2) is 5.16 Å². The van der Waals surface area contributed by atoms with Gasteiger partial charge in [-0.15, -0.1) is 0 Å². The molecule has 0 spiro atoms. The molecule has 4 aromatic rings. The molecule has 140 valence electrons. The van der Waals surface area contributed by atoms with Gasteiger partial charge in [0.05, 0.1) is 10.6 Å². The lowest BCUT2D eigenvalue weighted by atomic mass is 10.1. The molecule has 0 saturated carbocycles. The van der Waals surface area contributed by atoms with Crippen molar-refractivity contribution >= 4 is 38.2 Å². The summed E-state index contributed by atoms with van der Waals surface area (Å²) >= 11 is 1.75. The number of aromatic nitrogens is 2. The van der Waals surface area contributed by atoms with Crippen LogP contribution in [0.25, 0.3) is 22.0 Å². The minimum absolute atomic E-state index is 0.248. The first-order valence-corrected chi connectivity index (χ1v) is 11.4. The van der Waals surface area contributed by atoms with Crippen molar-refractivity contribution in [3.63, 3.8) is 0 Å². The predicted octanol–water partition coefficient (Wildman–Crippen LogP) is 4.61. The molecule has 0 fully saturated rings. The van der Waals surface area contributed by atoms with Crippen LogP contribution in [0.15, 0.2) is 83.0 Å². The van der Waals surface area contributed by atoms with Crippen LogP contribution in [0.3, 0.4) is 0 Å². The summed E-state index contributed by atoms with van der Waals surface area (Å²) in [5.74, 6) is 1.07. The molecule has 3 aromatic carbocycles. The molecule has 1 aliphatic heterocycles. The maximum Gasteiger partial charge on any atom is 0.261 e. The second-order valence-electron chi connectivity index (χ2n) is 6.64. The number of hydrogen-bond acceptors (Lipinski definition) is 4. The molecule has 0 bridgehead atoms. The molecule has 0 atom stereocenters. The topological polar surface area (TPSA) is 64.0 Å². The maximum absolute atomic E-state index is 12.8. The van der Waals surface area contributed by atoms with E-state index in [1.807, 2.05) is 48.7 Å². The molecule has 0 saturated heterocycles. The Hall–Kier alpha value is -2.77. The Bertz CT molecular complexity index is 1260. The van der Waals surface area contributed by atoms with E-state index in [0.29, 0.717) is 5.69 Å². The van der Waals surface area contributed by atoms with E-state index < -0.39 is 10.0 Å². The zero-order chi connectivity index (χ0) is 19.1. The fourth-order valence-electron chi connectivity index (χ4n) is 3.31. The summed E-state index contributed by atoms with van der Waals surface area (Å²) in [4.78, 5) is 4.88. The molecule has 0 radical (unpaired) electrons. The van der Waals surface area contributed by atoms with Gasteiger partial charge >= 0.3 is 0 Å². The third-order valence-electron chi connectivity index (χ3n) is 4.77. The normalized spacial score (nSPS) is 13.6. The molecule has 1 aromatic heterocycles. The highest BCUT2D eigenvalue weighted by Crippen LogP contribution is 2.30. The zero-order valence-electron chi connectivity index (χ0n) is 14.9. The Balaban J connectivity index is 1.39. The van der Waals surface area contributed by atoms with Crippen molar-refractivity contribution in [1.82, 2.24) is 9.55 Å². The first kappa shape index (κ1) is 17.3. The van der Waals surface area contributed by atoms with Crippen LogP contribution >= 0.6 is 11.8 Å². The number of nitrogens with one attached hydrogen (secondary N) is 1. The highest BCUT2D eigenvalue weighted by Gasteiger charge is 2.17. The van der Waals surface area contributed by atoms with Crippen molar-refractivity contribution in [3.05, 3.63) is 72.9 Å². The quantitative estimate of drug-likeness (QED) is 0.537. The number of imidazole rings is 1. The smallest absolute Gasteiger partial charge is 0.261 e. The number of aryl methyl sites for hydroxylation is 1. The minimum atomic E-state index is -3.65. The maximum atomic E-state index is 12.8. The predicted molar refractivity (Wildman–Crippen MR) is 113 cm³/mol. The fourth-order valence-corrected chi connectivity index (χ4v) is 5.34. The summed E-state index contributed by atoms with van der Waals surface area (Å²) < 4.78 is 30.3. The lowest BCUT2D eigenvalue weighted by Crippen LogP contribution is -2.12. The summed E-state index contributed by atoms with van der Waals surface area (Å²) in [5.41, 5.74) is 2.40. The molecular formula is C21H17N3O2S2. The van der Waals surface area contributed by atoms with Gasteiger partial charge in [-0.1, -0.05) is 54.2 Å². The number of nitrogens with zero attached hydrogens (tertiary/aromatic N) is 2. The number of rotatable bonds is 4. The van der Waals surface area contributed by atoms with Crippen LogP contribution in [0.4, 0.5) is 5.69 Å². The van der Waals surface area contributed by atoms with E-state index in [-0.39, 0.29) is 4.90 Å². The van der Waals surface area contributed by atoms with Crippen LogP contribution in [0.5, 0.6) is 0 Å². The van der Waals surface area contributed by atoms with E-state index in [2.05, 4.69) is 14.3 Å². The molecule has 0 unspecified atom stereocenters. The third-order valence-corrected chi connectivity index (χ3v) is 7.12. The highest BCUT2D eigenvalue weighted by atomic mass is 32.2. The van der Waals surface area contributed by atoms with E-state index in [4.69, 9.17) is 0 Å². The molecule has 1 aliphatic rings. The van der Waals surface area contributed by atoms with Crippen LogP contribution in [0, 0.1) is 0 Å². The monoisotopic (exact) mass is 407 g/mol. The van der Waals surface area contributed by atoms with Gasteiger partial charge in [0.1, 0.15) is 0 Å². The first-order chi connectivity index (χ1) is 13.6. The summed E-state index contributed by atoms with van der Waals surface area (Å²) in [5, 5.41) is 2.94. The summed E-state index contributed by atoms with van der Waals surface area (Å²) in [6.45, 7) is 0.983. The lowest BCUT2D eigenvalue weighted by molar-refractivity contribution is 0.601. The van der Waals surface area contributed by atoms with Gasteiger partial charge in [-0.05, 0) is 35.0 Å². The van der Waals surface area contributed by atoms with Crippen LogP contribution in [-0.2, 0) is 16.6 Å². The van der Waals surface area contributed by atoms with Crippen LogP contribution in [-0.4, -0.2) is 23.7 Å². The van der Waals surface area contributed by atoms with Gasteiger partial charge in [0.25, 0.3) is 10.0 Å². The number of sulfonamides is 1. The van der Waals surface area contributed by atoms with Crippen molar-refractivity contribution in [2.45, 2.75) is 16.6 Å². The van der Waals surface area contributed by atoms with Crippen molar-refractivity contribution in [3.8, 4) is 11.3 Å². The molecule has 28 heavy (non-hydrogen) atoms. The van der Waals surface area contributed by atoms with Gasteiger partial charge < -0.3 is 4.57 Å². The molecule has 0 amide bonds. The van der Waals surface area contributed by atoms with Crippen LogP contribution in [0.2, 0.25) is 0 Å². The van der Waals surface area contributed by atoms with E-state index >= 15 is 0 Å². The number of fused-ring (bicyclic) bond motifs is 2. The molecule has 0 aliphatic carbocycles. The second kappa shape index (κ2) is 6.68. The Labute approximate surface area is 167 Å². The average molecular weight is 408 g/mol. The zero-order valence-corrected chi connectivity index (χ0v) is 16.5. The number of thioether (sulfide) groups is 1. The van der Waals surface area contributed by atoms with Crippen LogP contribution < -0.4 is 4.72 Å². The van der Waals surface area contributed by atoms with Crippen molar-refractivity contribution in [2.24, 2.45) is 0 Å². The van der Waals surface area contributed by atoms with Gasteiger partial charge in [0, 0.05) is 29.7 Å². The Morgan fingerprint density at radius 1 is 0.964 bits per heavy atom. The summed E-state index contributed by atoms with van der Waals surface area (Å²) in [6.07, 6.45) is 2.05. The molecule has 5 rings (SSSR count). The number of hydrogen-bond donors (Lipinski definition) is 1. The molecular weight excluding hydrogens is 390 g/mol. The highest BCUT2D eigenvalue weighted by molar-refractivity contribution is 7.99. The molecule has 7 heteroatoms. The molecule has 2 heterocycles. The van der Waals surface area contributed by atoms with Crippen molar-refractivity contribution < 1.29 is 8.42 Å². The molecule has 1 N–H and O–H groups in total. The van der Waals surface area contributed by atoms with Gasteiger partial charge in [-0.2, -0.15) is 0 Å². The molecule has 5 nitrogen and oxygen atoms in total. The second-order valence-corrected chi connectivity index (χ2v) is 9.39. The SMILES string of the molecule is O=S(=O)(Nc1ccc(-c2cn3c(n2)SCC3)cc1)c1ccc2ccccc2c1. The largest absolute Gasteiger partial charge is 0.325 e. The van der Waals surface area contributed by atoms with E-state index in [9.17, 15) is 8.42 Å².